The van der Waals surface area contributed by atoms with Gasteiger partial charge >= 0.3 is 0 Å². The first kappa shape index (κ1) is 11.9. The molecule has 0 saturated heterocycles. The third-order valence-electron chi connectivity index (χ3n) is 2.87. The predicted molar refractivity (Wildman–Crippen MR) is 75.2 cm³/mol. The van der Waals surface area contributed by atoms with Crippen LogP contribution in [0, 0.1) is 11.3 Å². The van der Waals surface area contributed by atoms with E-state index >= 15 is 0 Å². The minimum absolute atomic E-state index is 0.361. The number of nitrogen functional groups attached to an aromatic ring is 1. The van der Waals surface area contributed by atoms with Crippen molar-refractivity contribution in [3.63, 3.8) is 0 Å². The number of hydrogen-bond donors (Lipinski definition) is 1. The van der Waals surface area contributed by atoms with Crippen LogP contribution in [0.4, 0.5) is 5.69 Å². The van der Waals surface area contributed by atoms with Crippen molar-refractivity contribution in [1.29, 1.82) is 5.26 Å². The molecule has 0 radical (unpaired) electrons. The molecule has 0 aliphatic rings. The number of rotatable bonds is 2. The molecule has 0 amide bonds. The molecule has 0 aliphatic heterocycles. The Morgan fingerprint density at radius 1 is 1.15 bits per heavy atom. The lowest BCUT2D eigenvalue weighted by Crippen LogP contribution is -1.95. The zero-order chi connectivity index (χ0) is 13.9. The van der Waals surface area contributed by atoms with Crippen LogP contribution in [0.1, 0.15) is 5.56 Å². The van der Waals surface area contributed by atoms with Gasteiger partial charge in [-0.05, 0) is 24.3 Å². The number of aromatic nitrogens is 2. The van der Waals surface area contributed by atoms with Crippen molar-refractivity contribution in [2.24, 2.45) is 0 Å². The quantitative estimate of drug-likeness (QED) is 0.718. The molecule has 3 aromatic rings. The molecule has 0 spiro atoms. The van der Waals surface area contributed by atoms with Crippen molar-refractivity contribution in [3.05, 3.63) is 54.2 Å². The van der Waals surface area contributed by atoms with E-state index < -0.39 is 0 Å². The van der Waals surface area contributed by atoms with Gasteiger partial charge in [0, 0.05) is 16.5 Å². The maximum absolute atomic E-state index is 9.11. The topological polar surface area (TPSA) is 84.8 Å². The van der Waals surface area contributed by atoms with Crippen molar-refractivity contribution >= 4 is 16.5 Å². The molecule has 96 valence electrons. The van der Waals surface area contributed by atoms with Gasteiger partial charge in [-0.25, -0.2) is 0 Å². The van der Waals surface area contributed by atoms with Crippen LogP contribution in [0.2, 0.25) is 0 Å². The molecule has 5 nitrogen and oxygen atoms in total. The molecule has 3 rings (SSSR count). The van der Waals surface area contributed by atoms with E-state index in [1.54, 1.807) is 24.4 Å². The minimum Gasteiger partial charge on any atom is -0.436 e. The number of nitrogens with zero attached hydrogens (tertiary/aromatic N) is 3. The fourth-order valence-corrected chi connectivity index (χ4v) is 1.91. The summed E-state index contributed by atoms with van der Waals surface area (Å²) in [7, 11) is 0. The average molecular weight is 262 g/mol. The van der Waals surface area contributed by atoms with Crippen molar-refractivity contribution in [2.75, 3.05) is 5.73 Å². The van der Waals surface area contributed by atoms with Crippen LogP contribution in [0.25, 0.3) is 10.8 Å². The normalized spacial score (nSPS) is 10.2. The van der Waals surface area contributed by atoms with E-state index in [2.05, 4.69) is 16.3 Å². The first-order valence-corrected chi connectivity index (χ1v) is 5.96. The summed E-state index contributed by atoms with van der Waals surface area (Å²) in [5.74, 6) is 0.775. The highest BCUT2D eigenvalue weighted by atomic mass is 16.5. The van der Waals surface area contributed by atoms with Gasteiger partial charge in [0.2, 0.25) is 5.88 Å². The zero-order valence-corrected chi connectivity index (χ0v) is 10.4. The molecule has 0 saturated carbocycles. The van der Waals surface area contributed by atoms with Gasteiger partial charge in [0.1, 0.15) is 11.8 Å². The van der Waals surface area contributed by atoms with E-state index in [9.17, 15) is 0 Å². The Bertz CT molecular complexity index is 818. The van der Waals surface area contributed by atoms with Gasteiger partial charge in [-0.15, -0.1) is 5.10 Å². The van der Waals surface area contributed by atoms with Crippen LogP contribution >= 0.6 is 0 Å². The Labute approximate surface area is 115 Å². The van der Waals surface area contributed by atoms with Crippen LogP contribution in [0.5, 0.6) is 11.6 Å². The van der Waals surface area contributed by atoms with Crippen molar-refractivity contribution in [1.82, 2.24) is 10.2 Å². The predicted octanol–water partition coefficient (Wildman–Crippen LogP) is 2.88. The fourth-order valence-electron chi connectivity index (χ4n) is 1.91. The van der Waals surface area contributed by atoms with Gasteiger partial charge < -0.3 is 10.5 Å². The highest BCUT2D eigenvalue weighted by molar-refractivity contribution is 5.86. The van der Waals surface area contributed by atoms with Crippen LogP contribution < -0.4 is 10.5 Å². The Morgan fingerprint density at radius 2 is 2.00 bits per heavy atom. The zero-order valence-electron chi connectivity index (χ0n) is 10.4. The summed E-state index contributed by atoms with van der Waals surface area (Å²) in [6.45, 7) is 0. The summed E-state index contributed by atoms with van der Waals surface area (Å²) in [6, 6.07) is 14.6. The molecule has 0 atom stereocenters. The molecule has 0 aliphatic carbocycles. The molecular weight excluding hydrogens is 252 g/mol. The number of nitriles is 1. The summed E-state index contributed by atoms with van der Waals surface area (Å²) < 4.78 is 5.72. The second-order valence-corrected chi connectivity index (χ2v) is 4.21. The van der Waals surface area contributed by atoms with Gasteiger partial charge in [-0.2, -0.15) is 10.4 Å². The number of nitrogens with two attached hydrogens (primary N) is 1. The van der Waals surface area contributed by atoms with E-state index in [0.29, 0.717) is 22.9 Å². The van der Waals surface area contributed by atoms with E-state index in [1.807, 2.05) is 24.3 Å². The molecule has 2 N–H and O–H groups in total. The van der Waals surface area contributed by atoms with Crippen LogP contribution in [-0.2, 0) is 0 Å². The third kappa shape index (κ3) is 2.10. The lowest BCUT2D eigenvalue weighted by molar-refractivity contribution is 0.460. The second-order valence-electron chi connectivity index (χ2n) is 4.21. The first-order valence-electron chi connectivity index (χ1n) is 5.96. The Morgan fingerprint density at radius 3 is 2.85 bits per heavy atom. The molecule has 2 aromatic carbocycles. The van der Waals surface area contributed by atoms with Crippen LogP contribution in [0.15, 0.2) is 48.7 Å². The lowest BCUT2D eigenvalue weighted by Gasteiger charge is -2.08. The molecule has 20 heavy (non-hydrogen) atoms. The monoisotopic (exact) mass is 262 g/mol. The molecule has 0 fully saturated rings. The smallest absolute Gasteiger partial charge is 0.246 e. The van der Waals surface area contributed by atoms with Crippen LogP contribution in [-0.4, -0.2) is 10.2 Å². The molecule has 1 aromatic heterocycles. The standard InChI is InChI=1S/C15H10N4O/c16-8-11-7-12(17)5-6-14(11)20-15-13-4-2-1-3-10(13)9-18-19-15/h1-7,9H,17H2. The van der Waals surface area contributed by atoms with Gasteiger partial charge in [0.15, 0.2) is 0 Å². The largest absolute Gasteiger partial charge is 0.436 e. The highest BCUT2D eigenvalue weighted by Crippen LogP contribution is 2.29. The second kappa shape index (κ2) is 4.86. The maximum atomic E-state index is 9.11. The summed E-state index contributed by atoms with van der Waals surface area (Å²) in [6.07, 6.45) is 1.66. The van der Waals surface area contributed by atoms with Crippen molar-refractivity contribution < 1.29 is 4.74 Å². The minimum atomic E-state index is 0.361. The molecular formula is C15H10N4O. The van der Waals surface area contributed by atoms with Crippen molar-refractivity contribution in [3.8, 4) is 17.7 Å². The van der Waals surface area contributed by atoms with Crippen molar-refractivity contribution in [2.45, 2.75) is 0 Å². The van der Waals surface area contributed by atoms with E-state index in [-0.39, 0.29) is 0 Å². The lowest BCUT2D eigenvalue weighted by atomic mass is 10.2. The maximum Gasteiger partial charge on any atom is 0.246 e. The van der Waals surface area contributed by atoms with E-state index in [0.717, 1.165) is 10.8 Å². The number of fused-ring (bicyclic) bond motifs is 1. The van der Waals surface area contributed by atoms with Crippen LogP contribution in [0.3, 0.4) is 0 Å². The molecule has 0 bridgehead atoms. The van der Waals surface area contributed by atoms with Gasteiger partial charge in [-0.1, -0.05) is 18.2 Å². The Kier molecular flexibility index (Phi) is 2.90. The third-order valence-corrected chi connectivity index (χ3v) is 2.87. The van der Waals surface area contributed by atoms with E-state index in [4.69, 9.17) is 15.7 Å². The summed E-state index contributed by atoms with van der Waals surface area (Å²) in [4.78, 5) is 0. The Hall–Kier alpha value is -3.13. The molecule has 5 heteroatoms. The fraction of sp³-hybridized carbons (Fsp3) is 0. The summed E-state index contributed by atoms with van der Waals surface area (Å²) in [5, 5.41) is 18.8. The number of anilines is 1. The van der Waals surface area contributed by atoms with E-state index in [1.165, 1.54) is 0 Å². The van der Waals surface area contributed by atoms with Gasteiger partial charge in [0.25, 0.3) is 0 Å². The molecule has 0 unspecified atom stereocenters. The summed E-state index contributed by atoms with van der Waals surface area (Å²) in [5.41, 5.74) is 6.53. The first-order chi connectivity index (χ1) is 9.78. The number of hydrogen-bond acceptors (Lipinski definition) is 5. The Balaban J connectivity index is 2.08. The molecule has 1 heterocycles. The average Bonchev–Trinajstić information content (AvgIpc) is 2.49. The SMILES string of the molecule is N#Cc1cc(N)ccc1Oc1nncc2ccccc12. The summed E-state index contributed by atoms with van der Waals surface area (Å²) >= 11 is 0. The van der Waals surface area contributed by atoms with Gasteiger partial charge in [-0.3, -0.25) is 0 Å². The highest BCUT2D eigenvalue weighted by Gasteiger charge is 2.09. The number of benzene rings is 2. The number of ether oxygens (including phenoxy) is 1. The van der Waals surface area contributed by atoms with Gasteiger partial charge in [0.05, 0.1) is 11.8 Å².